The zero-order valence-electron chi connectivity index (χ0n) is 15.3. The molecule has 0 unspecified atom stereocenters. The summed E-state index contributed by atoms with van der Waals surface area (Å²) in [6.07, 6.45) is -0.390. The van der Waals surface area contributed by atoms with Crippen LogP contribution in [0.5, 0.6) is 5.75 Å². The molecule has 27 heavy (non-hydrogen) atoms. The molecule has 0 saturated heterocycles. The highest BCUT2D eigenvalue weighted by Crippen LogP contribution is 2.20. The first-order valence-electron chi connectivity index (χ1n) is 8.64. The van der Waals surface area contributed by atoms with Crippen molar-refractivity contribution in [3.8, 4) is 5.75 Å². The van der Waals surface area contributed by atoms with Crippen LogP contribution in [-0.2, 0) is 17.8 Å². The van der Waals surface area contributed by atoms with E-state index in [4.69, 9.17) is 4.74 Å². The number of rotatable bonds is 9. The Morgan fingerprint density at radius 2 is 2.00 bits per heavy atom. The maximum absolute atomic E-state index is 12.3. The number of alkyl halides is 2. The van der Waals surface area contributed by atoms with Crippen molar-refractivity contribution in [1.82, 2.24) is 10.3 Å². The van der Waals surface area contributed by atoms with E-state index in [0.717, 1.165) is 5.56 Å². The van der Waals surface area contributed by atoms with Crippen molar-refractivity contribution in [1.29, 1.82) is 0 Å². The van der Waals surface area contributed by atoms with E-state index < -0.39 is 13.0 Å². The molecule has 144 valence electrons. The molecule has 1 amide bonds. The lowest BCUT2D eigenvalue weighted by atomic mass is 10.1. The van der Waals surface area contributed by atoms with Crippen LogP contribution in [-0.4, -0.2) is 29.7 Å². The molecule has 7 heteroatoms. The third-order valence-electron chi connectivity index (χ3n) is 3.91. The van der Waals surface area contributed by atoms with Gasteiger partial charge in [0, 0.05) is 36.8 Å². The molecule has 5 nitrogen and oxygen atoms in total. The second-order valence-corrected chi connectivity index (χ2v) is 6.09. The van der Waals surface area contributed by atoms with Crippen LogP contribution in [0.1, 0.15) is 40.5 Å². The van der Waals surface area contributed by atoms with Gasteiger partial charge in [-0.1, -0.05) is 19.1 Å². The fraction of sp³-hybridized carbons (Fsp3) is 0.350. The topological polar surface area (TPSA) is 68.3 Å². The van der Waals surface area contributed by atoms with Crippen molar-refractivity contribution in [3.05, 3.63) is 58.9 Å². The normalized spacial score (nSPS) is 10.7. The molecule has 1 aromatic heterocycles. The molecule has 0 fully saturated rings. The Labute approximate surface area is 156 Å². The summed E-state index contributed by atoms with van der Waals surface area (Å²) in [5.74, 6) is 0.174. The summed E-state index contributed by atoms with van der Waals surface area (Å²) in [5.41, 5.74) is 2.52. The van der Waals surface area contributed by atoms with Crippen LogP contribution in [0.4, 0.5) is 8.78 Å². The highest BCUT2D eigenvalue weighted by atomic mass is 19.3. The number of carbonyl (C=O) groups excluding carboxylic acids is 2. The summed E-state index contributed by atoms with van der Waals surface area (Å²) in [6.45, 7) is 3.17. The zero-order valence-corrected chi connectivity index (χ0v) is 15.3. The molecule has 0 bridgehead atoms. The van der Waals surface area contributed by atoms with Crippen molar-refractivity contribution in [2.45, 2.75) is 39.7 Å². The zero-order chi connectivity index (χ0) is 19.8. The van der Waals surface area contributed by atoms with E-state index in [1.165, 1.54) is 6.20 Å². The fourth-order valence-electron chi connectivity index (χ4n) is 2.46. The summed E-state index contributed by atoms with van der Waals surface area (Å²) in [6, 6.07) is 8.29. The molecule has 2 aromatic rings. The fourth-order valence-corrected chi connectivity index (χ4v) is 2.46. The lowest BCUT2D eigenvalue weighted by Crippen LogP contribution is -2.23. The number of carbonyl (C=O) groups is 2. The quantitative estimate of drug-likeness (QED) is 0.727. The molecule has 0 aliphatic carbocycles. The van der Waals surface area contributed by atoms with Gasteiger partial charge in [0.1, 0.15) is 18.1 Å². The molecule has 0 spiro atoms. The molecule has 0 atom stereocenters. The summed E-state index contributed by atoms with van der Waals surface area (Å²) in [5, 5.41) is 2.79. The third kappa shape index (κ3) is 6.44. The van der Waals surface area contributed by atoms with E-state index in [9.17, 15) is 18.4 Å². The molecule has 1 N–H and O–H groups in total. The van der Waals surface area contributed by atoms with Crippen LogP contribution in [0.2, 0.25) is 0 Å². The second-order valence-electron chi connectivity index (χ2n) is 6.09. The van der Waals surface area contributed by atoms with Crippen LogP contribution < -0.4 is 10.1 Å². The van der Waals surface area contributed by atoms with Gasteiger partial charge >= 0.3 is 0 Å². The predicted octanol–water partition coefficient (Wildman–Crippen LogP) is 3.49. The molecule has 2 rings (SSSR count). The van der Waals surface area contributed by atoms with Crippen molar-refractivity contribution in [2.24, 2.45) is 0 Å². The third-order valence-corrected chi connectivity index (χ3v) is 3.91. The van der Waals surface area contributed by atoms with Gasteiger partial charge in [-0.2, -0.15) is 0 Å². The van der Waals surface area contributed by atoms with Gasteiger partial charge in [-0.25, -0.2) is 8.78 Å². The Hall–Kier alpha value is -2.83. The lowest BCUT2D eigenvalue weighted by molar-refractivity contribution is -0.118. The van der Waals surface area contributed by atoms with Crippen molar-refractivity contribution in [2.75, 3.05) is 6.61 Å². The lowest BCUT2D eigenvalue weighted by Gasteiger charge is -2.11. The monoisotopic (exact) mass is 376 g/mol. The maximum atomic E-state index is 12.3. The minimum absolute atomic E-state index is 0.0599. The minimum atomic E-state index is -2.53. The first kappa shape index (κ1) is 20.5. The van der Waals surface area contributed by atoms with Gasteiger partial charge in [0.15, 0.2) is 0 Å². The number of ketones is 1. The van der Waals surface area contributed by atoms with E-state index in [1.807, 2.05) is 0 Å². The van der Waals surface area contributed by atoms with Crippen LogP contribution >= 0.6 is 0 Å². The van der Waals surface area contributed by atoms with Gasteiger partial charge in [0.05, 0.1) is 0 Å². The Morgan fingerprint density at radius 3 is 2.67 bits per heavy atom. The van der Waals surface area contributed by atoms with E-state index in [2.05, 4.69) is 10.3 Å². The molecule has 0 aliphatic heterocycles. The number of nitrogens with one attached hydrogen (secondary N) is 1. The van der Waals surface area contributed by atoms with Crippen LogP contribution in [0.25, 0.3) is 0 Å². The number of nitrogens with zero attached hydrogens (tertiary/aromatic N) is 1. The van der Waals surface area contributed by atoms with Gasteiger partial charge < -0.3 is 10.1 Å². The molecule has 1 heterocycles. The van der Waals surface area contributed by atoms with E-state index >= 15 is 0 Å². The van der Waals surface area contributed by atoms with Crippen LogP contribution in [0.3, 0.4) is 0 Å². The van der Waals surface area contributed by atoms with Crippen molar-refractivity contribution >= 4 is 11.7 Å². The number of pyridine rings is 1. The number of aryl methyl sites for hydroxylation is 1. The van der Waals surface area contributed by atoms with Gasteiger partial charge in [-0.05, 0) is 36.2 Å². The molecular weight excluding hydrogens is 354 g/mol. The maximum Gasteiger partial charge on any atom is 0.272 e. The molecule has 1 aromatic carbocycles. The number of hydrogen-bond donors (Lipinski definition) is 1. The van der Waals surface area contributed by atoms with Crippen LogP contribution in [0.15, 0.2) is 36.5 Å². The van der Waals surface area contributed by atoms with Crippen molar-refractivity contribution < 1.29 is 23.1 Å². The average Bonchev–Trinajstić information content (AvgIpc) is 2.65. The van der Waals surface area contributed by atoms with Gasteiger partial charge in [-0.15, -0.1) is 0 Å². The number of Topliss-reactive ketones (excluding diaryl/α,β-unsaturated/α-hetero) is 1. The summed E-state index contributed by atoms with van der Waals surface area (Å²) in [7, 11) is 0. The Bertz CT molecular complexity index is 810. The smallest absolute Gasteiger partial charge is 0.272 e. The Morgan fingerprint density at radius 1 is 1.22 bits per heavy atom. The average molecular weight is 376 g/mol. The highest BCUT2D eigenvalue weighted by Gasteiger charge is 2.10. The summed E-state index contributed by atoms with van der Waals surface area (Å²) in [4.78, 5) is 28.0. The number of hydrogen-bond acceptors (Lipinski definition) is 4. The van der Waals surface area contributed by atoms with E-state index in [0.29, 0.717) is 29.0 Å². The number of benzene rings is 1. The van der Waals surface area contributed by atoms with Gasteiger partial charge in [-0.3, -0.25) is 14.6 Å². The van der Waals surface area contributed by atoms with E-state index in [-0.39, 0.29) is 24.7 Å². The number of amides is 1. The minimum Gasteiger partial charge on any atom is -0.487 e. The molecule has 0 aliphatic rings. The Kier molecular flexibility index (Phi) is 7.40. The standard InChI is InChI=1S/C20H22F2N2O3/c1-3-17(25)10-16-9-15(6-7-23-16)20(26)24-11-14-4-5-18(13(2)8-14)27-12-19(21)22/h4-9,19H,3,10-12H2,1-2H3,(H,24,26). The summed E-state index contributed by atoms with van der Waals surface area (Å²) < 4.78 is 29.5. The number of aromatic nitrogens is 1. The SMILES string of the molecule is CCC(=O)Cc1cc(C(=O)NCc2ccc(OCC(F)F)c(C)c2)ccn1. The number of halogens is 2. The highest BCUT2D eigenvalue weighted by molar-refractivity contribution is 5.94. The molecule has 0 radical (unpaired) electrons. The van der Waals surface area contributed by atoms with Crippen molar-refractivity contribution in [3.63, 3.8) is 0 Å². The summed E-state index contributed by atoms with van der Waals surface area (Å²) >= 11 is 0. The molecule has 0 saturated carbocycles. The first-order chi connectivity index (χ1) is 12.9. The van der Waals surface area contributed by atoms with Gasteiger partial charge in [0.2, 0.25) is 0 Å². The number of ether oxygens (including phenoxy) is 1. The molecular formula is C20H22F2N2O3. The Balaban J connectivity index is 1.96. The van der Waals surface area contributed by atoms with Crippen LogP contribution in [0, 0.1) is 6.92 Å². The second kappa shape index (κ2) is 9.75. The first-order valence-corrected chi connectivity index (χ1v) is 8.64. The largest absolute Gasteiger partial charge is 0.487 e. The predicted molar refractivity (Wildman–Crippen MR) is 97.1 cm³/mol. The van der Waals surface area contributed by atoms with E-state index in [1.54, 1.807) is 44.2 Å². The van der Waals surface area contributed by atoms with Gasteiger partial charge in [0.25, 0.3) is 12.3 Å².